The van der Waals surface area contributed by atoms with Crippen LogP contribution in [0, 0.1) is 5.92 Å². The van der Waals surface area contributed by atoms with Crippen molar-refractivity contribution in [3.8, 4) is 0 Å². The van der Waals surface area contributed by atoms with Crippen LogP contribution in [-0.2, 0) is 15.8 Å². The van der Waals surface area contributed by atoms with Gasteiger partial charge in [-0.05, 0) is 23.6 Å². The predicted molar refractivity (Wildman–Crippen MR) is 96.3 cm³/mol. The van der Waals surface area contributed by atoms with Crippen LogP contribution < -0.4 is 5.32 Å². The van der Waals surface area contributed by atoms with E-state index in [0.29, 0.717) is 5.56 Å². The fourth-order valence-corrected chi connectivity index (χ4v) is 3.12. The van der Waals surface area contributed by atoms with E-state index in [9.17, 15) is 19.3 Å². The van der Waals surface area contributed by atoms with Gasteiger partial charge in [-0.25, -0.2) is 9.59 Å². The van der Waals surface area contributed by atoms with Crippen molar-refractivity contribution in [3.63, 3.8) is 0 Å². The summed E-state index contributed by atoms with van der Waals surface area (Å²) in [6.07, 6.45) is -0.707. The largest absolute Gasteiger partial charge is 0.480 e. The molecular weight excluding hydrogens is 415 g/mol. The van der Waals surface area contributed by atoms with Gasteiger partial charge in [-0.3, -0.25) is 4.57 Å². The van der Waals surface area contributed by atoms with Crippen LogP contribution >= 0.6 is 23.5 Å². The van der Waals surface area contributed by atoms with Crippen LogP contribution in [0.5, 0.6) is 0 Å². The molecule has 1 aromatic rings. The number of carbonyl (C=O) groups is 2. The van der Waals surface area contributed by atoms with Gasteiger partial charge in [-0.2, -0.15) is 0 Å². The molecule has 0 aliphatic rings. The molecule has 0 radical (unpaired) electrons. The number of hydrogen-bond donors (Lipinski definition) is 4. The van der Waals surface area contributed by atoms with E-state index in [-0.39, 0.29) is 18.9 Å². The van der Waals surface area contributed by atoms with Crippen LogP contribution in [0.15, 0.2) is 28.7 Å². The number of amides is 2. The van der Waals surface area contributed by atoms with E-state index >= 15 is 0 Å². The molecule has 0 spiro atoms. The molecule has 25 heavy (non-hydrogen) atoms. The molecule has 140 valence electrons. The van der Waals surface area contributed by atoms with Crippen LogP contribution in [-0.4, -0.2) is 50.7 Å². The maximum absolute atomic E-state index is 12.3. The summed E-state index contributed by atoms with van der Waals surface area (Å²) >= 11 is 3.28. The highest BCUT2D eigenvalue weighted by molar-refractivity contribution is 9.10. The monoisotopic (exact) mass is 436 g/mol. The number of halogens is 1. The SMILES string of the molecule is CC(C)CN(CP(=O)(O)O)C(=O)N[C@@H](Cc1ccc(Br)cc1)C(=O)O. The molecule has 0 heterocycles. The van der Waals surface area contributed by atoms with Crippen molar-refractivity contribution in [2.75, 3.05) is 12.8 Å². The Morgan fingerprint density at radius 2 is 1.80 bits per heavy atom. The van der Waals surface area contributed by atoms with Gasteiger partial charge in [0, 0.05) is 17.4 Å². The minimum atomic E-state index is -4.46. The molecule has 1 aromatic carbocycles. The molecule has 0 aliphatic carbocycles. The summed E-state index contributed by atoms with van der Waals surface area (Å²) < 4.78 is 12.1. The Labute approximate surface area is 154 Å². The molecule has 8 nitrogen and oxygen atoms in total. The number of urea groups is 1. The van der Waals surface area contributed by atoms with Gasteiger partial charge in [0.15, 0.2) is 0 Å². The van der Waals surface area contributed by atoms with Gasteiger partial charge in [0.25, 0.3) is 0 Å². The zero-order valence-electron chi connectivity index (χ0n) is 13.9. The molecule has 2 amide bonds. The zero-order valence-corrected chi connectivity index (χ0v) is 16.4. The van der Waals surface area contributed by atoms with Crippen LogP contribution in [0.4, 0.5) is 4.79 Å². The number of hydrogen-bond acceptors (Lipinski definition) is 3. The standard InChI is InChI=1S/C15H22BrN2O6P/c1-10(2)8-18(9-25(22,23)24)15(21)17-13(14(19)20)7-11-3-5-12(16)6-4-11/h3-6,10,13H,7-9H2,1-2H3,(H,17,21)(H,19,20)(H2,22,23,24)/t13-/m0/s1. The third-order valence-corrected chi connectivity index (χ3v) is 4.42. The Morgan fingerprint density at radius 3 is 2.24 bits per heavy atom. The Hall–Kier alpha value is -1.41. The van der Waals surface area contributed by atoms with Crippen LogP contribution in [0.1, 0.15) is 19.4 Å². The zero-order chi connectivity index (χ0) is 19.2. The van der Waals surface area contributed by atoms with Crippen molar-refractivity contribution in [1.82, 2.24) is 10.2 Å². The second-order valence-electron chi connectivity index (χ2n) is 6.09. The molecule has 0 aliphatic heterocycles. The molecular formula is C15H22BrN2O6P. The van der Waals surface area contributed by atoms with Gasteiger partial charge < -0.3 is 25.1 Å². The topological polar surface area (TPSA) is 127 Å². The van der Waals surface area contributed by atoms with E-state index in [1.165, 1.54) is 0 Å². The highest BCUT2D eigenvalue weighted by Gasteiger charge is 2.28. The summed E-state index contributed by atoms with van der Waals surface area (Å²) in [7, 11) is -4.46. The van der Waals surface area contributed by atoms with E-state index in [4.69, 9.17) is 9.79 Å². The molecule has 1 atom stereocenters. The lowest BCUT2D eigenvalue weighted by atomic mass is 10.1. The average Bonchev–Trinajstić information content (AvgIpc) is 2.46. The lowest BCUT2D eigenvalue weighted by Crippen LogP contribution is -2.50. The summed E-state index contributed by atoms with van der Waals surface area (Å²) in [6.45, 7) is 3.68. The maximum Gasteiger partial charge on any atom is 0.344 e. The van der Waals surface area contributed by atoms with E-state index in [2.05, 4.69) is 21.2 Å². The number of nitrogens with one attached hydrogen (secondary N) is 1. The van der Waals surface area contributed by atoms with E-state index in [0.717, 1.165) is 9.37 Å². The highest BCUT2D eigenvalue weighted by atomic mass is 79.9. The Kier molecular flexibility index (Phi) is 8.08. The van der Waals surface area contributed by atoms with Crippen molar-refractivity contribution in [2.45, 2.75) is 26.3 Å². The first-order valence-electron chi connectivity index (χ1n) is 7.55. The van der Waals surface area contributed by atoms with Crippen molar-refractivity contribution in [3.05, 3.63) is 34.3 Å². The first-order chi connectivity index (χ1) is 11.5. The third-order valence-electron chi connectivity index (χ3n) is 3.18. The highest BCUT2D eigenvalue weighted by Crippen LogP contribution is 2.35. The van der Waals surface area contributed by atoms with Gasteiger partial charge in [-0.1, -0.05) is 41.9 Å². The lowest BCUT2D eigenvalue weighted by Gasteiger charge is -2.27. The van der Waals surface area contributed by atoms with Crippen molar-refractivity contribution < 1.29 is 29.0 Å². The van der Waals surface area contributed by atoms with Gasteiger partial charge in [-0.15, -0.1) is 0 Å². The number of nitrogens with zero attached hydrogens (tertiary/aromatic N) is 1. The number of carboxylic acids is 1. The molecule has 4 N–H and O–H groups in total. The van der Waals surface area contributed by atoms with Crippen molar-refractivity contribution >= 4 is 35.5 Å². The fourth-order valence-electron chi connectivity index (χ4n) is 2.16. The quantitative estimate of drug-likeness (QED) is 0.462. The fraction of sp³-hybridized carbons (Fsp3) is 0.467. The van der Waals surface area contributed by atoms with Crippen molar-refractivity contribution in [1.29, 1.82) is 0 Å². The molecule has 0 aromatic heterocycles. The summed E-state index contributed by atoms with van der Waals surface area (Å²) in [4.78, 5) is 42.9. The minimum absolute atomic E-state index is 0.0351. The summed E-state index contributed by atoms with van der Waals surface area (Å²) in [5.74, 6) is -1.26. The Balaban J connectivity index is 2.86. The van der Waals surface area contributed by atoms with Gasteiger partial charge in [0.2, 0.25) is 0 Å². The molecule has 0 saturated heterocycles. The van der Waals surface area contributed by atoms with Crippen molar-refractivity contribution in [2.24, 2.45) is 5.92 Å². The molecule has 0 saturated carbocycles. The second-order valence-corrected chi connectivity index (χ2v) is 8.62. The van der Waals surface area contributed by atoms with Gasteiger partial charge in [0.05, 0.1) is 0 Å². The van der Waals surface area contributed by atoms with Crippen LogP contribution in [0.2, 0.25) is 0 Å². The van der Waals surface area contributed by atoms with E-state index in [1.807, 2.05) is 0 Å². The smallest absolute Gasteiger partial charge is 0.344 e. The minimum Gasteiger partial charge on any atom is -0.480 e. The molecule has 10 heteroatoms. The average molecular weight is 437 g/mol. The third kappa shape index (κ3) is 8.49. The Morgan fingerprint density at radius 1 is 1.24 bits per heavy atom. The number of rotatable bonds is 8. The van der Waals surface area contributed by atoms with Crippen LogP contribution in [0.3, 0.4) is 0 Å². The molecule has 0 unspecified atom stereocenters. The maximum atomic E-state index is 12.3. The second kappa shape index (κ2) is 9.33. The van der Waals surface area contributed by atoms with Gasteiger partial charge >= 0.3 is 19.6 Å². The van der Waals surface area contributed by atoms with Crippen LogP contribution in [0.25, 0.3) is 0 Å². The lowest BCUT2D eigenvalue weighted by molar-refractivity contribution is -0.139. The normalized spacial score (nSPS) is 12.7. The summed E-state index contributed by atoms with van der Waals surface area (Å²) in [6, 6.07) is 4.95. The first-order valence-corrected chi connectivity index (χ1v) is 10.1. The molecule has 0 fully saturated rings. The number of benzene rings is 1. The number of carbonyl (C=O) groups excluding carboxylic acids is 1. The molecule has 1 rings (SSSR count). The van der Waals surface area contributed by atoms with Gasteiger partial charge in [0.1, 0.15) is 12.3 Å². The Bertz CT molecular complexity index is 646. The summed E-state index contributed by atoms with van der Waals surface area (Å²) in [5, 5.41) is 11.7. The van der Waals surface area contributed by atoms with E-state index < -0.39 is 31.9 Å². The number of carboxylic acid groups (broad SMARTS) is 1. The molecule has 0 bridgehead atoms. The number of aliphatic carboxylic acids is 1. The first kappa shape index (κ1) is 21.6. The summed E-state index contributed by atoms with van der Waals surface area (Å²) in [5.41, 5.74) is 0.710. The predicted octanol–water partition coefficient (Wildman–Crippen LogP) is 2.25. The van der Waals surface area contributed by atoms with E-state index in [1.54, 1.807) is 38.1 Å².